The van der Waals surface area contributed by atoms with Crippen LogP contribution in [-0.2, 0) is 42.7 Å². The molecule has 2 aliphatic heterocycles. The first-order chi connectivity index (χ1) is 30.2. The lowest BCUT2D eigenvalue weighted by Gasteiger charge is -2.48. The van der Waals surface area contributed by atoms with E-state index < -0.39 is 85.9 Å². The monoisotopic (exact) mass is 840 g/mol. The minimum atomic E-state index is -1.54. The highest BCUT2D eigenvalue weighted by Gasteiger charge is 2.53. The summed E-state index contributed by atoms with van der Waals surface area (Å²) in [6.07, 6.45) is -6.24. The number of hydrogen-bond acceptors (Lipinski definition) is 12. The van der Waals surface area contributed by atoms with Crippen molar-refractivity contribution in [1.82, 2.24) is 10.6 Å². The van der Waals surface area contributed by atoms with Crippen molar-refractivity contribution in [2.24, 2.45) is 0 Å². The van der Waals surface area contributed by atoms with E-state index in [0.29, 0.717) is 11.1 Å². The van der Waals surface area contributed by atoms with Gasteiger partial charge in [-0.2, -0.15) is 0 Å². The number of Topliss-reactive ketones (excluding diaryl/α,β-unsaturated/α-hetero) is 1. The number of carbonyl (C=O) groups is 5. The van der Waals surface area contributed by atoms with Crippen LogP contribution in [-0.4, -0.2) is 92.8 Å². The molecule has 2 N–H and O–H groups in total. The molecule has 318 valence electrons. The fraction of sp³-hybridized carbons (Fsp3) is 0.271. The van der Waals surface area contributed by atoms with Crippen LogP contribution in [0.1, 0.15) is 56.5 Å². The highest BCUT2D eigenvalue weighted by atomic mass is 16.8. The summed E-state index contributed by atoms with van der Waals surface area (Å²) in [5.41, 5.74) is 5.34. The number of amides is 2. The molecule has 0 radical (unpaired) electrons. The molecule has 14 nitrogen and oxygen atoms in total. The second-order valence-corrected chi connectivity index (χ2v) is 14.9. The maximum atomic E-state index is 13.8. The van der Waals surface area contributed by atoms with Crippen molar-refractivity contribution in [3.63, 3.8) is 0 Å². The zero-order valence-electron chi connectivity index (χ0n) is 33.6. The molecule has 2 heterocycles. The number of fused-ring (bicyclic) bond motifs is 4. The van der Waals surface area contributed by atoms with Crippen LogP contribution in [0.15, 0.2) is 140 Å². The minimum Gasteiger partial charge on any atom is -0.456 e. The Hall–Kier alpha value is -6.71. The summed E-state index contributed by atoms with van der Waals surface area (Å²) in [4.78, 5) is 66.7. The maximum Gasteiger partial charge on any atom is 0.407 e. The molecular weight excluding hydrogens is 797 g/mol. The molecule has 0 spiro atoms. The molecule has 1 aliphatic carbocycles. The molecule has 2 amide bonds. The van der Waals surface area contributed by atoms with Gasteiger partial charge in [0.1, 0.15) is 24.9 Å². The molecule has 0 bridgehead atoms. The Balaban J connectivity index is 1.02. The first-order valence-electron chi connectivity index (χ1n) is 20.2. The summed E-state index contributed by atoms with van der Waals surface area (Å²) in [6, 6.07) is 38.7. The van der Waals surface area contributed by atoms with Crippen molar-refractivity contribution < 1.29 is 57.1 Å². The third-order valence-electron chi connectivity index (χ3n) is 10.8. The van der Waals surface area contributed by atoms with Gasteiger partial charge >= 0.3 is 18.0 Å². The average molecular weight is 841 g/mol. The van der Waals surface area contributed by atoms with Gasteiger partial charge < -0.3 is 43.8 Å². The van der Waals surface area contributed by atoms with Gasteiger partial charge in [0, 0.05) is 24.0 Å². The number of hydrogen-bond donors (Lipinski definition) is 2. The SMILES string of the molecule is CC(=O)N[C@H]1[C@@H](OC[C@H](NC(=O)OCC2c3ccccc3-c3ccccc32)C(=O)OCC(=O)c2ccccc2)O[C@@H]2CO[C@H](c3ccccc3)O[C@@H]2[C@@H]1OC(=O)c1ccccc1. The van der Waals surface area contributed by atoms with Crippen LogP contribution in [0.25, 0.3) is 11.1 Å². The molecule has 5 aromatic carbocycles. The summed E-state index contributed by atoms with van der Waals surface area (Å²) in [6.45, 7) is -0.0132. The molecule has 0 aromatic heterocycles. The van der Waals surface area contributed by atoms with Crippen LogP contribution in [0.2, 0.25) is 0 Å². The standard InChI is InChI=1S/C48H44N2O12/c1-29(51)49-41-43(61-44(53)31-17-7-3-8-18-31)42-40(28-58-46(62-42)32-19-9-4-10-20-32)60-47(41)57-26-38(45(54)56-27-39(52)30-15-5-2-6-16-30)50-48(55)59-25-37-35-23-13-11-21-33(35)34-22-12-14-24-36(34)37/h2-24,37-38,40-43,46-47H,25-28H2,1H3,(H,49,51)(H,50,55)/t38-,40+,41+,42-,43+,46-,47-/m0/s1. The van der Waals surface area contributed by atoms with Gasteiger partial charge in [0.25, 0.3) is 0 Å². The second kappa shape index (κ2) is 19.3. The van der Waals surface area contributed by atoms with E-state index >= 15 is 0 Å². The van der Waals surface area contributed by atoms with E-state index in [9.17, 15) is 24.0 Å². The third-order valence-corrected chi connectivity index (χ3v) is 10.8. The molecule has 5 aromatic rings. The average Bonchev–Trinajstić information content (AvgIpc) is 3.63. The van der Waals surface area contributed by atoms with Crippen molar-refractivity contribution in [3.05, 3.63) is 167 Å². The van der Waals surface area contributed by atoms with Crippen LogP contribution in [0.3, 0.4) is 0 Å². The number of ketones is 1. The van der Waals surface area contributed by atoms with Gasteiger partial charge in [-0.25, -0.2) is 14.4 Å². The van der Waals surface area contributed by atoms with Crippen LogP contribution in [0.4, 0.5) is 4.79 Å². The normalized spacial score (nSPS) is 21.8. The summed E-state index contributed by atoms with van der Waals surface area (Å²) in [7, 11) is 0. The first-order valence-corrected chi connectivity index (χ1v) is 20.2. The van der Waals surface area contributed by atoms with E-state index in [1.54, 1.807) is 60.7 Å². The zero-order chi connectivity index (χ0) is 43.0. The summed E-state index contributed by atoms with van der Waals surface area (Å²) >= 11 is 0. The predicted molar refractivity (Wildman–Crippen MR) is 222 cm³/mol. The predicted octanol–water partition coefficient (Wildman–Crippen LogP) is 5.91. The lowest BCUT2D eigenvalue weighted by atomic mass is 9.95. The molecule has 2 fully saturated rings. The zero-order valence-corrected chi connectivity index (χ0v) is 33.6. The number of esters is 2. The molecular formula is C48H44N2O12. The van der Waals surface area contributed by atoms with Crippen molar-refractivity contribution >= 4 is 29.7 Å². The molecule has 0 saturated carbocycles. The van der Waals surface area contributed by atoms with Crippen molar-refractivity contribution in [1.29, 1.82) is 0 Å². The molecule has 14 heteroatoms. The van der Waals surface area contributed by atoms with Crippen molar-refractivity contribution in [3.8, 4) is 11.1 Å². The van der Waals surface area contributed by atoms with Gasteiger partial charge in [-0.05, 0) is 34.4 Å². The Labute approximate surface area is 357 Å². The van der Waals surface area contributed by atoms with Gasteiger partial charge in [0.2, 0.25) is 5.91 Å². The quantitative estimate of drug-likeness (QED) is 0.0771. The molecule has 7 atom stereocenters. The molecule has 0 unspecified atom stereocenters. The number of alkyl carbamates (subject to hydrolysis) is 1. The van der Waals surface area contributed by atoms with E-state index in [1.165, 1.54) is 6.92 Å². The summed E-state index contributed by atoms with van der Waals surface area (Å²) in [5, 5.41) is 5.33. The van der Waals surface area contributed by atoms with Crippen LogP contribution in [0, 0.1) is 0 Å². The highest BCUT2D eigenvalue weighted by Crippen LogP contribution is 2.44. The smallest absolute Gasteiger partial charge is 0.407 e. The van der Waals surface area contributed by atoms with Gasteiger partial charge in [0.05, 0.1) is 18.8 Å². The van der Waals surface area contributed by atoms with Gasteiger partial charge in [0.15, 0.2) is 37.1 Å². The van der Waals surface area contributed by atoms with Gasteiger partial charge in [-0.1, -0.05) is 127 Å². The Kier molecular flexibility index (Phi) is 13.1. The Morgan fingerprint density at radius 3 is 1.95 bits per heavy atom. The number of nitrogens with one attached hydrogen (secondary N) is 2. The Bertz CT molecular complexity index is 2330. The molecule has 62 heavy (non-hydrogen) atoms. The Morgan fingerprint density at radius 1 is 0.710 bits per heavy atom. The van der Waals surface area contributed by atoms with E-state index in [1.807, 2.05) is 78.9 Å². The van der Waals surface area contributed by atoms with E-state index in [4.69, 9.17) is 33.2 Å². The summed E-state index contributed by atoms with van der Waals surface area (Å²) < 4.78 is 42.3. The third kappa shape index (κ3) is 9.59. The molecule has 8 rings (SSSR count). The maximum absolute atomic E-state index is 13.8. The fourth-order valence-corrected chi connectivity index (χ4v) is 7.87. The van der Waals surface area contributed by atoms with Gasteiger partial charge in [-0.15, -0.1) is 0 Å². The number of rotatable bonds is 14. The van der Waals surface area contributed by atoms with E-state index in [0.717, 1.165) is 22.3 Å². The van der Waals surface area contributed by atoms with Crippen molar-refractivity contribution in [2.45, 2.75) is 55.8 Å². The van der Waals surface area contributed by atoms with Crippen molar-refractivity contribution in [2.75, 3.05) is 26.4 Å². The molecule has 3 aliphatic rings. The van der Waals surface area contributed by atoms with E-state index in [2.05, 4.69) is 10.6 Å². The lowest BCUT2D eigenvalue weighted by Crippen LogP contribution is -2.68. The number of ether oxygens (including phenoxy) is 7. The number of benzene rings is 5. The topological polar surface area (TPSA) is 174 Å². The van der Waals surface area contributed by atoms with Crippen LogP contribution >= 0.6 is 0 Å². The highest BCUT2D eigenvalue weighted by molar-refractivity contribution is 5.98. The lowest BCUT2D eigenvalue weighted by molar-refractivity contribution is -0.343. The second-order valence-electron chi connectivity index (χ2n) is 14.9. The van der Waals surface area contributed by atoms with Crippen LogP contribution in [0.5, 0.6) is 0 Å². The first kappa shape index (κ1) is 42.0. The fourth-order valence-electron chi connectivity index (χ4n) is 7.87. The van der Waals surface area contributed by atoms with Gasteiger partial charge in [-0.3, -0.25) is 9.59 Å². The molecule has 2 saturated heterocycles. The van der Waals surface area contributed by atoms with Crippen LogP contribution < -0.4 is 10.6 Å². The van der Waals surface area contributed by atoms with E-state index in [-0.39, 0.29) is 24.7 Å². The number of carbonyl (C=O) groups excluding carboxylic acids is 5. The minimum absolute atomic E-state index is 0.0265. The summed E-state index contributed by atoms with van der Waals surface area (Å²) in [5.74, 6) is -2.95. The Morgan fingerprint density at radius 2 is 1.31 bits per heavy atom. The largest absolute Gasteiger partial charge is 0.456 e.